The highest BCUT2D eigenvalue weighted by molar-refractivity contribution is 9.10. The van der Waals surface area contributed by atoms with Crippen LogP contribution in [-0.4, -0.2) is 4.98 Å². The molecule has 0 bridgehead atoms. The largest absolute Gasteiger partial charge is 1.00 e. The summed E-state index contributed by atoms with van der Waals surface area (Å²) in [4.78, 5) is 3.34. The van der Waals surface area contributed by atoms with E-state index in [9.17, 15) is 0 Å². The van der Waals surface area contributed by atoms with Crippen molar-refractivity contribution < 1.29 is 21.5 Å². The quantitative estimate of drug-likeness (QED) is 0.538. The molecule has 0 fully saturated rings. The third-order valence-electron chi connectivity index (χ3n) is 3.38. The van der Waals surface area contributed by atoms with Crippen LogP contribution in [0.1, 0.15) is 39.0 Å². The van der Waals surface area contributed by atoms with Gasteiger partial charge in [-0.15, -0.1) is 0 Å². The minimum absolute atomic E-state index is 0. The number of aromatic amines is 1. The Hall–Kier alpha value is -0.610. The van der Waals surface area contributed by atoms with Gasteiger partial charge in [0.1, 0.15) is 12.4 Å². The monoisotopic (exact) mass is 400 g/mol. The van der Waals surface area contributed by atoms with E-state index in [1.54, 1.807) is 0 Å². The average Bonchev–Trinajstić information content (AvgIpc) is 2.88. The van der Waals surface area contributed by atoms with Crippen LogP contribution in [0.3, 0.4) is 0 Å². The summed E-state index contributed by atoms with van der Waals surface area (Å²) < 4.78 is 3.43. The molecule has 0 amide bonds. The second kappa shape index (κ2) is 9.35. The van der Waals surface area contributed by atoms with E-state index in [-0.39, 0.29) is 17.0 Å². The van der Waals surface area contributed by atoms with Gasteiger partial charge in [-0.3, -0.25) is 0 Å². The molecule has 2 aromatic rings. The summed E-state index contributed by atoms with van der Waals surface area (Å²) in [6.45, 7) is 3.35. The first-order chi connectivity index (χ1) is 9.31. The van der Waals surface area contributed by atoms with E-state index in [1.165, 1.54) is 43.5 Å². The van der Waals surface area contributed by atoms with E-state index in [2.05, 4.69) is 62.9 Å². The van der Waals surface area contributed by atoms with Crippen LogP contribution in [0.5, 0.6) is 0 Å². The second-order valence-corrected chi connectivity index (χ2v) is 5.84. The lowest BCUT2D eigenvalue weighted by Crippen LogP contribution is -3.00. The van der Waals surface area contributed by atoms with Gasteiger partial charge < -0.3 is 17.0 Å². The van der Waals surface area contributed by atoms with Crippen molar-refractivity contribution in [3.8, 4) is 11.4 Å². The van der Waals surface area contributed by atoms with E-state index in [0.29, 0.717) is 0 Å². The summed E-state index contributed by atoms with van der Waals surface area (Å²) in [5.74, 6) is 1.20. The number of hydrogen-bond donors (Lipinski definition) is 1. The summed E-state index contributed by atoms with van der Waals surface area (Å²) in [7, 11) is 0. The molecule has 0 saturated carbocycles. The molecular formula is C16H22Br2N2. The zero-order valence-electron chi connectivity index (χ0n) is 11.9. The minimum atomic E-state index is 0. The highest BCUT2D eigenvalue weighted by Gasteiger charge is 2.12. The number of benzene rings is 1. The lowest BCUT2D eigenvalue weighted by atomic mass is 10.1. The Morgan fingerprint density at radius 1 is 1.05 bits per heavy atom. The molecule has 1 N–H and O–H groups in total. The van der Waals surface area contributed by atoms with Crippen LogP contribution in [0.25, 0.3) is 11.4 Å². The molecular weight excluding hydrogens is 380 g/mol. The van der Waals surface area contributed by atoms with Gasteiger partial charge in [-0.25, -0.2) is 9.55 Å². The molecule has 1 aromatic heterocycles. The molecule has 0 aliphatic heterocycles. The van der Waals surface area contributed by atoms with E-state index in [4.69, 9.17) is 0 Å². The number of unbranched alkanes of at least 4 members (excludes halogenated alkanes) is 4. The number of nitrogens with zero attached hydrogens (tertiary/aromatic N) is 1. The highest BCUT2D eigenvalue weighted by Crippen LogP contribution is 2.17. The molecule has 0 aliphatic rings. The maximum atomic E-state index is 3.48. The average molecular weight is 402 g/mol. The SMILES string of the molecule is CCCCCCC[n+]1cc[nH]c1-c1ccc(Br)cc1.[Br-]. The Labute approximate surface area is 140 Å². The molecule has 1 aromatic carbocycles. The van der Waals surface area contributed by atoms with Crippen LogP contribution in [0.15, 0.2) is 41.1 Å². The molecule has 110 valence electrons. The van der Waals surface area contributed by atoms with Crippen molar-refractivity contribution in [1.29, 1.82) is 0 Å². The fourth-order valence-corrected chi connectivity index (χ4v) is 2.56. The van der Waals surface area contributed by atoms with Crippen LogP contribution in [0, 0.1) is 0 Å². The zero-order valence-corrected chi connectivity index (χ0v) is 15.1. The molecule has 1 heterocycles. The van der Waals surface area contributed by atoms with Crippen LogP contribution in [-0.2, 0) is 6.54 Å². The molecule has 0 radical (unpaired) electrons. The summed E-state index contributed by atoms with van der Waals surface area (Å²) in [6.07, 6.45) is 10.8. The van der Waals surface area contributed by atoms with Crippen LogP contribution in [0.2, 0.25) is 0 Å². The number of aromatic nitrogens is 2. The Morgan fingerprint density at radius 2 is 1.75 bits per heavy atom. The first kappa shape index (κ1) is 17.4. The molecule has 4 heteroatoms. The molecule has 0 unspecified atom stereocenters. The van der Waals surface area contributed by atoms with Crippen molar-refractivity contribution in [3.05, 3.63) is 41.1 Å². The van der Waals surface area contributed by atoms with Crippen molar-refractivity contribution in [2.24, 2.45) is 0 Å². The van der Waals surface area contributed by atoms with Crippen LogP contribution < -0.4 is 21.5 Å². The van der Waals surface area contributed by atoms with Gasteiger partial charge >= 0.3 is 0 Å². The topological polar surface area (TPSA) is 19.7 Å². The first-order valence-corrected chi connectivity index (χ1v) is 7.93. The zero-order chi connectivity index (χ0) is 13.5. The van der Waals surface area contributed by atoms with Gasteiger partial charge in [0, 0.05) is 4.47 Å². The predicted octanol–water partition coefficient (Wildman–Crippen LogP) is 1.71. The Kier molecular flexibility index (Phi) is 8.15. The molecule has 2 nitrogen and oxygen atoms in total. The predicted molar refractivity (Wildman–Crippen MR) is 82.9 cm³/mol. The lowest BCUT2D eigenvalue weighted by Gasteiger charge is -2.02. The van der Waals surface area contributed by atoms with Gasteiger partial charge in [0.05, 0.1) is 12.1 Å². The maximum absolute atomic E-state index is 3.48. The van der Waals surface area contributed by atoms with Crippen molar-refractivity contribution in [1.82, 2.24) is 4.98 Å². The van der Waals surface area contributed by atoms with Crippen molar-refractivity contribution >= 4 is 15.9 Å². The molecule has 0 atom stereocenters. The van der Waals surface area contributed by atoms with E-state index in [0.717, 1.165) is 11.0 Å². The second-order valence-electron chi connectivity index (χ2n) is 4.92. The van der Waals surface area contributed by atoms with Gasteiger partial charge in [-0.05, 0) is 37.1 Å². The molecule has 0 aliphatic carbocycles. The van der Waals surface area contributed by atoms with Crippen LogP contribution >= 0.6 is 15.9 Å². The fraction of sp³-hybridized carbons (Fsp3) is 0.438. The van der Waals surface area contributed by atoms with Gasteiger partial charge in [0.25, 0.3) is 5.82 Å². The maximum Gasteiger partial charge on any atom is 0.286 e. The van der Waals surface area contributed by atoms with E-state index < -0.39 is 0 Å². The van der Waals surface area contributed by atoms with E-state index >= 15 is 0 Å². The number of rotatable bonds is 7. The van der Waals surface area contributed by atoms with Gasteiger partial charge in [-0.2, -0.15) is 0 Å². The van der Waals surface area contributed by atoms with Crippen molar-refractivity contribution in [3.63, 3.8) is 0 Å². The van der Waals surface area contributed by atoms with Crippen LogP contribution in [0.4, 0.5) is 0 Å². The fourth-order valence-electron chi connectivity index (χ4n) is 2.29. The molecule has 2 rings (SSSR count). The molecule has 0 spiro atoms. The van der Waals surface area contributed by atoms with Gasteiger partial charge in [-0.1, -0.05) is 42.1 Å². The Bertz CT molecular complexity index is 491. The number of aryl methyl sites for hydroxylation is 1. The Morgan fingerprint density at radius 3 is 2.45 bits per heavy atom. The smallest absolute Gasteiger partial charge is 0.286 e. The number of halogens is 2. The number of hydrogen-bond acceptors (Lipinski definition) is 0. The number of H-pyrrole nitrogens is 1. The normalized spacial score (nSPS) is 10.3. The third kappa shape index (κ3) is 5.06. The Balaban J connectivity index is 0.00000200. The van der Waals surface area contributed by atoms with Gasteiger partial charge in [0.15, 0.2) is 0 Å². The lowest BCUT2D eigenvalue weighted by molar-refractivity contribution is -0.685. The van der Waals surface area contributed by atoms with Crippen molar-refractivity contribution in [2.75, 3.05) is 0 Å². The summed E-state index contributed by atoms with van der Waals surface area (Å²) in [5, 5.41) is 0. The first-order valence-electron chi connectivity index (χ1n) is 7.14. The molecule has 20 heavy (non-hydrogen) atoms. The standard InChI is InChI=1S/C16H21BrN2.BrH/c1-2-3-4-5-6-12-19-13-11-18-16(19)14-7-9-15(17)10-8-14;/h7-11,13H,2-6,12H2,1H3;1H. The third-order valence-corrected chi connectivity index (χ3v) is 3.91. The van der Waals surface area contributed by atoms with Crippen molar-refractivity contribution in [2.45, 2.75) is 45.6 Å². The molecule has 0 saturated heterocycles. The summed E-state index contributed by atoms with van der Waals surface area (Å²) >= 11 is 3.48. The highest BCUT2D eigenvalue weighted by atomic mass is 79.9. The minimum Gasteiger partial charge on any atom is -1.00 e. The number of nitrogens with one attached hydrogen (secondary N) is 1. The number of imidazole rings is 1. The summed E-state index contributed by atoms with van der Waals surface area (Å²) in [6, 6.07) is 8.45. The summed E-state index contributed by atoms with van der Waals surface area (Å²) in [5.41, 5.74) is 1.24. The van der Waals surface area contributed by atoms with Gasteiger partial charge in [0.2, 0.25) is 0 Å². The van der Waals surface area contributed by atoms with E-state index in [1.807, 2.05) is 6.20 Å².